The van der Waals surface area contributed by atoms with Crippen molar-refractivity contribution < 1.29 is 5.11 Å². The van der Waals surface area contributed by atoms with E-state index in [9.17, 15) is 5.11 Å². The van der Waals surface area contributed by atoms with Crippen LogP contribution in [0.3, 0.4) is 0 Å². The molecule has 10 heavy (non-hydrogen) atoms. The van der Waals surface area contributed by atoms with Gasteiger partial charge >= 0.3 is 0 Å². The maximum Gasteiger partial charge on any atom is 0.0684 e. The first-order valence-corrected chi connectivity index (χ1v) is 4.01. The number of rotatable bonds is 1. The fourth-order valence-electron chi connectivity index (χ4n) is 1.49. The molecule has 1 nitrogen and oxygen atoms in total. The van der Waals surface area contributed by atoms with E-state index in [0.29, 0.717) is 0 Å². The zero-order valence-corrected chi connectivity index (χ0v) is 7.15. The van der Waals surface area contributed by atoms with Crippen LogP contribution < -0.4 is 0 Å². The lowest BCUT2D eigenvalue weighted by Gasteiger charge is -2.40. The molecule has 0 aromatic rings. The van der Waals surface area contributed by atoms with Gasteiger partial charge in [0.25, 0.3) is 0 Å². The van der Waals surface area contributed by atoms with Crippen molar-refractivity contribution in [2.24, 2.45) is 5.41 Å². The van der Waals surface area contributed by atoms with Gasteiger partial charge in [0.2, 0.25) is 0 Å². The van der Waals surface area contributed by atoms with Crippen molar-refractivity contribution in [2.45, 2.75) is 45.6 Å². The van der Waals surface area contributed by atoms with E-state index in [1.165, 1.54) is 6.42 Å². The van der Waals surface area contributed by atoms with Crippen LogP contribution in [-0.4, -0.2) is 10.7 Å². The minimum absolute atomic E-state index is 0.162. The van der Waals surface area contributed by atoms with Gasteiger partial charge in [0.15, 0.2) is 0 Å². The summed E-state index contributed by atoms with van der Waals surface area (Å²) in [5, 5.41) is 9.69. The van der Waals surface area contributed by atoms with E-state index in [1.807, 2.05) is 0 Å². The zero-order valence-electron chi connectivity index (χ0n) is 7.15. The highest BCUT2D eigenvalue weighted by Crippen LogP contribution is 2.39. The van der Waals surface area contributed by atoms with Crippen molar-refractivity contribution in [2.75, 3.05) is 0 Å². The van der Waals surface area contributed by atoms with Gasteiger partial charge in [0.05, 0.1) is 5.60 Å². The molecule has 0 aromatic heterocycles. The van der Waals surface area contributed by atoms with Gasteiger partial charge in [-0.3, -0.25) is 0 Å². The Morgan fingerprint density at radius 1 is 1.30 bits per heavy atom. The molecule has 1 fully saturated rings. The molecule has 0 aliphatic heterocycles. The fourth-order valence-corrected chi connectivity index (χ4v) is 1.49. The normalized spacial score (nSPS) is 24.0. The van der Waals surface area contributed by atoms with E-state index in [-0.39, 0.29) is 5.41 Å². The maximum atomic E-state index is 9.69. The van der Waals surface area contributed by atoms with Crippen LogP contribution in [0.15, 0.2) is 0 Å². The highest BCUT2D eigenvalue weighted by Gasteiger charge is 2.37. The van der Waals surface area contributed by atoms with Crippen molar-refractivity contribution in [3.8, 4) is 0 Å². The van der Waals surface area contributed by atoms with Gasteiger partial charge in [-0.05, 0) is 31.1 Å². The largest absolute Gasteiger partial charge is 0.390 e. The molecule has 1 N–H and O–H groups in total. The lowest BCUT2D eigenvalue weighted by Crippen LogP contribution is -2.40. The first kappa shape index (κ1) is 8.06. The summed E-state index contributed by atoms with van der Waals surface area (Å²) in [5.41, 5.74) is -0.257. The van der Waals surface area contributed by atoms with Crippen LogP contribution >= 0.6 is 0 Å². The van der Waals surface area contributed by atoms with E-state index < -0.39 is 5.60 Å². The molecule has 1 aliphatic rings. The average molecular weight is 141 g/mol. The minimum Gasteiger partial charge on any atom is -0.390 e. The van der Waals surface area contributed by atoms with Crippen LogP contribution in [0.25, 0.3) is 0 Å². The summed E-state index contributed by atoms with van der Waals surface area (Å²) in [7, 11) is 0. The molecule has 0 heterocycles. The van der Waals surface area contributed by atoms with Gasteiger partial charge in [-0.2, -0.15) is 0 Å². The highest BCUT2D eigenvalue weighted by molar-refractivity contribution is 5.04. The Bertz CT molecular complexity index is 117. The predicted octanol–water partition coefficient (Wildman–Crippen LogP) is 2.15. The molecule has 0 saturated heterocycles. The molecular weight excluding hydrogens is 124 g/mol. The molecule has 1 rings (SSSR count). The summed E-state index contributed by atoms with van der Waals surface area (Å²) in [6.07, 6.45) is 5.18. The Morgan fingerprint density at radius 2 is 1.80 bits per heavy atom. The minimum atomic E-state index is -0.418. The summed E-state index contributed by atoms with van der Waals surface area (Å²) in [6.45, 7) is 6.38. The van der Waals surface area contributed by atoms with Crippen LogP contribution in [0.2, 0.25) is 0 Å². The molecule has 0 unspecified atom stereocenters. The summed E-state index contributed by atoms with van der Waals surface area (Å²) >= 11 is 0. The van der Waals surface area contributed by atoms with Crippen LogP contribution in [0.1, 0.15) is 40.0 Å². The van der Waals surface area contributed by atoms with Crippen molar-refractivity contribution in [3.63, 3.8) is 0 Å². The second-order valence-electron chi connectivity index (χ2n) is 4.47. The smallest absolute Gasteiger partial charge is 0.0684 e. The summed E-state index contributed by atoms with van der Waals surface area (Å²) in [5.74, 6) is 0. The Morgan fingerprint density at radius 3 is 1.90 bits per heavy atom. The van der Waals surface area contributed by atoms with Gasteiger partial charge in [0.1, 0.15) is 0 Å². The topological polar surface area (TPSA) is 20.2 Å². The molecule has 0 spiro atoms. The van der Waals surface area contributed by atoms with Crippen LogP contribution in [0.5, 0.6) is 0 Å². The van der Waals surface area contributed by atoms with Gasteiger partial charge in [0, 0.05) is 0 Å². The molecule has 1 radical (unpaired) electrons. The van der Waals surface area contributed by atoms with Crippen molar-refractivity contribution in [3.05, 3.63) is 6.42 Å². The SMILES string of the molecule is CC(C)(C)[CH]C1(O)CCC1. The fraction of sp³-hybridized carbons (Fsp3) is 0.889. The van der Waals surface area contributed by atoms with Gasteiger partial charge in [-0.25, -0.2) is 0 Å². The van der Waals surface area contributed by atoms with Crippen LogP contribution in [0.4, 0.5) is 0 Å². The number of hydrogen-bond acceptors (Lipinski definition) is 1. The van der Waals surface area contributed by atoms with E-state index >= 15 is 0 Å². The van der Waals surface area contributed by atoms with Gasteiger partial charge in [-0.15, -0.1) is 0 Å². The van der Waals surface area contributed by atoms with E-state index in [0.717, 1.165) is 12.8 Å². The Kier molecular flexibility index (Phi) is 1.80. The third-order valence-corrected chi connectivity index (χ3v) is 1.92. The number of aliphatic hydroxyl groups is 1. The van der Waals surface area contributed by atoms with Crippen molar-refractivity contribution >= 4 is 0 Å². The monoisotopic (exact) mass is 141 g/mol. The second kappa shape index (κ2) is 2.23. The van der Waals surface area contributed by atoms with E-state index in [4.69, 9.17) is 0 Å². The maximum absolute atomic E-state index is 9.69. The molecule has 0 atom stereocenters. The van der Waals surface area contributed by atoms with E-state index in [1.54, 1.807) is 0 Å². The van der Waals surface area contributed by atoms with Gasteiger partial charge in [-0.1, -0.05) is 20.8 Å². The van der Waals surface area contributed by atoms with Crippen LogP contribution in [0, 0.1) is 11.8 Å². The first-order chi connectivity index (χ1) is 4.41. The summed E-state index contributed by atoms with van der Waals surface area (Å²) in [6, 6.07) is 0. The Hall–Kier alpha value is -0.0400. The first-order valence-electron chi connectivity index (χ1n) is 4.01. The molecule has 59 valence electrons. The highest BCUT2D eigenvalue weighted by atomic mass is 16.3. The predicted molar refractivity (Wildman–Crippen MR) is 42.6 cm³/mol. The molecule has 1 heteroatoms. The molecule has 0 aromatic carbocycles. The number of hydrogen-bond donors (Lipinski definition) is 1. The van der Waals surface area contributed by atoms with Crippen LogP contribution in [-0.2, 0) is 0 Å². The third-order valence-electron chi connectivity index (χ3n) is 1.92. The molecule has 0 bridgehead atoms. The van der Waals surface area contributed by atoms with Crippen molar-refractivity contribution in [1.82, 2.24) is 0 Å². The van der Waals surface area contributed by atoms with E-state index in [2.05, 4.69) is 27.2 Å². The lowest BCUT2D eigenvalue weighted by molar-refractivity contribution is -0.0170. The Balaban J connectivity index is 2.37. The third kappa shape index (κ3) is 1.98. The van der Waals surface area contributed by atoms with Gasteiger partial charge < -0.3 is 5.11 Å². The average Bonchev–Trinajstić information content (AvgIpc) is 1.57. The summed E-state index contributed by atoms with van der Waals surface area (Å²) < 4.78 is 0. The molecule has 1 aliphatic carbocycles. The summed E-state index contributed by atoms with van der Waals surface area (Å²) in [4.78, 5) is 0. The molecule has 1 saturated carbocycles. The standard InChI is InChI=1S/C9H17O/c1-8(2,3)7-9(10)5-4-6-9/h7,10H,4-6H2,1-3H3. The molecule has 0 amide bonds. The second-order valence-corrected chi connectivity index (χ2v) is 4.47. The molecular formula is C9H17O. The lowest BCUT2D eigenvalue weighted by atomic mass is 9.71. The Labute approximate surface area is 63.4 Å². The van der Waals surface area contributed by atoms with Crippen molar-refractivity contribution in [1.29, 1.82) is 0 Å². The quantitative estimate of drug-likeness (QED) is 0.593. The zero-order chi connectivity index (χ0) is 7.83.